The molecule has 4 nitrogen and oxygen atoms in total. The zero-order chi connectivity index (χ0) is 17.1. The third kappa shape index (κ3) is 3.58. The molecule has 0 radical (unpaired) electrons. The van der Waals surface area contributed by atoms with E-state index in [1.807, 2.05) is 41.8 Å². The number of carbonyl (C=O) groups is 1. The number of nitrogens with one attached hydrogen (secondary N) is 1. The fraction of sp³-hybridized carbons (Fsp3) is 0.111. The fourth-order valence-corrected chi connectivity index (χ4v) is 3.26. The van der Waals surface area contributed by atoms with E-state index >= 15 is 0 Å². The monoisotopic (exact) mass is 358 g/mol. The van der Waals surface area contributed by atoms with Crippen LogP contribution in [0.3, 0.4) is 0 Å². The molecule has 0 saturated heterocycles. The normalized spacial score (nSPS) is 10.6. The van der Waals surface area contributed by atoms with Crippen LogP contribution in [0.1, 0.15) is 16.6 Å². The summed E-state index contributed by atoms with van der Waals surface area (Å²) in [6.07, 6.45) is 3.34. The van der Waals surface area contributed by atoms with E-state index in [1.54, 1.807) is 18.5 Å². The van der Waals surface area contributed by atoms with Gasteiger partial charge in [-0.25, -0.2) is 0 Å². The summed E-state index contributed by atoms with van der Waals surface area (Å²) in [7, 11) is 0. The topological polar surface area (TPSA) is 51.1 Å². The average Bonchev–Trinajstić information content (AvgIpc) is 3.07. The molecular weight excluding hydrogens is 344 g/mol. The van der Waals surface area contributed by atoms with Crippen molar-refractivity contribution in [3.8, 4) is 10.4 Å². The molecule has 2 heterocycles. The van der Waals surface area contributed by atoms with Crippen molar-refractivity contribution in [2.45, 2.75) is 13.5 Å². The van der Waals surface area contributed by atoms with Crippen molar-refractivity contribution in [2.75, 3.05) is 5.32 Å². The van der Waals surface area contributed by atoms with Crippen LogP contribution in [0.2, 0.25) is 5.02 Å². The third-order valence-corrected chi connectivity index (χ3v) is 4.93. The van der Waals surface area contributed by atoms with Crippen LogP contribution in [-0.4, -0.2) is 10.5 Å². The fourth-order valence-electron chi connectivity index (χ4n) is 2.23. The van der Waals surface area contributed by atoms with E-state index in [4.69, 9.17) is 11.6 Å². The van der Waals surface area contributed by atoms with Crippen LogP contribution >= 0.6 is 22.9 Å². The number of aromatic nitrogens is 1. The van der Waals surface area contributed by atoms with Gasteiger partial charge in [0, 0.05) is 34.9 Å². The standard InChI is InChI=1S/C18H15ClN2O2S/c1-2-21-10-9-15(22)14(11-21)20-18(23)17-8-7-16(24-17)12-3-5-13(19)6-4-12/h3-11H,2H2,1H3,(H,20,23). The van der Waals surface area contributed by atoms with E-state index in [1.165, 1.54) is 17.4 Å². The first kappa shape index (κ1) is 16.5. The number of carbonyl (C=O) groups excluding carboxylic acids is 1. The lowest BCUT2D eigenvalue weighted by Gasteiger charge is -2.06. The summed E-state index contributed by atoms with van der Waals surface area (Å²) in [5, 5.41) is 3.36. The average molecular weight is 359 g/mol. The van der Waals surface area contributed by atoms with Crippen molar-refractivity contribution in [3.05, 3.63) is 75.0 Å². The van der Waals surface area contributed by atoms with E-state index in [-0.39, 0.29) is 17.0 Å². The maximum atomic E-state index is 12.4. The molecular formula is C18H15ClN2O2S. The lowest BCUT2D eigenvalue weighted by Crippen LogP contribution is -2.18. The Morgan fingerprint density at radius 1 is 1.17 bits per heavy atom. The summed E-state index contributed by atoms with van der Waals surface area (Å²) in [5.41, 5.74) is 1.07. The van der Waals surface area contributed by atoms with Gasteiger partial charge in [-0.05, 0) is 36.8 Å². The second-order valence-electron chi connectivity index (χ2n) is 5.18. The van der Waals surface area contributed by atoms with Crippen molar-refractivity contribution >= 4 is 34.5 Å². The highest BCUT2D eigenvalue weighted by Crippen LogP contribution is 2.29. The summed E-state index contributed by atoms with van der Waals surface area (Å²) >= 11 is 7.26. The summed E-state index contributed by atoms with van der Waals surface area (Å²) in [6.45, 7) is 2.69. The number of hydrogen-bond donors (Lipinski definition) is 1. The zero-order valence-corrected chi connectivity index (χ0v) is 14.5. The number of anilines is 1. The number of aryl methyl sites for hydroxylation is 1. The molecule has 1 amide bonds. The van der Waals surface area contributed by atoms with Crippen LogP contribution in [0.4, 0.5) is 5.69 Å². The van der Waals surface area contributed by atoms with Gasteiger partial charge in [0.2, 0.25) is 5.43 Å². The van der Waals surface area contributed by atoms with E-state index in [0.717, 1.165) is 17.0 Å². The molecule has 0 spiro atoms. The van der Waals surface area contributed by atoms with Crippen LogP contribution in [0, 0.1) is 0 Å². The van der Waals surface area contributed by atoms with E-state index in [9.17, 15) is 9.59 Å². The Morgan fingerprint density at radius 3 is 2.62 bits per heavy atom. The molecule has 0 fully saturated rings. The molecule has 0 aliphatic rings. The molecule has 0 atom stereocenters. The van der Waals surface area contributed by atoms with Crippen LogP contribution < -0.4 is 10.7 Å². The minimum Gasteiger partial charge on any atom is -0.352 e. The first-order valence-electron chi connectivity index (χ1n) is 7.44. The van der Waals surface area contributed by atoms with Crippen LogP contribution in [0.5, 0.6) is 0 Å². The first-order valence-corrected chi connectivity index (χ1v) is 8.63. The van der Waals surface area contributed by atoms with Crippen molar-refractivity contribution in [2.24, 2.45) is 0 Å². The molecule has 122 valence electrons. The number of nitrogens with zero attached hydrogens (tertiary/aromatic N) is 1. The molecule has 3 aromatic rings. The number of thiophene rings is 1. The highest BCUT2D eigenvalue weighted by Gasteiger charge is 2.12. The Balaban J connectivity index is 1.81. The molecule has 1 aromatic carbocycles. The largest absolute Gasteiger partial charge is 0.352 e. The number of hydrogen-bond acceptors (Lipinski definition) is 3. The number of amides is 1. The smallest absolute Gasteiger partial charge is 0.265 e. The minimum absolute atomic E-state index is 0.206. The lowest BCUT2D eigenvalue weighted by molar-refractivity contribution is 0.103. The Bertz CT molecular complexity index is 929. The Hall–Kier alpha value is -2.37. The van der Waals surface area contributed by atoms with Crippen molar-refractivity contribution in [1.29, 1.82) is 0 Å². The molecule has 2 aromatic heterocycles. The summed E-state index contributed by atoms with van der Waals surface area (Å²) in [6, 6.07) is 12.5. The van der Waals surface area contributed by atoms with Crippen molar-refractivity contribution < 1.29 is 4.79 Å². The summed E-state index contributed by atoms with van der Waals surface area (Å²) in [4.78, 5) is 25.8. The van der Waals surface area contributed by atoms with Gasteiger partial charge in [-0.15, -0.1) is 11.3 Å². The molecule has 3 rings (SSSR count). The van der Waals surface area contributed by atoms with Gasteiger partial charge >= 0.3 is 0 Å². The second-order valence-corrected chi connectivity index (χ2v) is 6.70. The van der Waals surface area contributed by atoms with Gasteiger partial charge in [-0.1, -0.05) is 23.7 Å². The molecule has 1 N–H and O–H groups in total. The minimum atomic E-state index is -0.286. The van der Waals surface area contributed by atoms with E-state index in [0.29, 0.717) is 9.90 Å². The first-order chi connectivity index (χ1) is 11.6. The van der Waals surface area contributed by atoms with Gasteiger partial charge in [0.05, 0.1) is 4.88 Å². The van der Waals surface area contributed by atoms with Crippen LogP contribution in [0.25, 0.3) is 10.4 Å². The molecule has 0 bridgehead atoms. The lowest BCUT2D eigenvalue weighted by atomic mass is 10.2. The number of pyridine rings is 1. The SMILES string of the molecule is CCn1ccc(=O)c(NC(=O)c2ccc(-c3ccc(Cl)cc3)s2)c1. The van der Waals surface area contributed by atoms with Gasteiger partial charge in [0.15, 0.2) is 0 Å². The van der Waals surface area contributed by atoms with Crippen LogP contribution in [-0.2, 0) is 6.54 Å². The molecule has 0 saturated carbocycles. The molecule has 24 heavy (non-hydrogen) atoms. The quantitative estimate of drug-likeness (QED) is 0.746. The molecule has 6 heteroatoms. The van der Waals surface area contributed by atoms with Gasteiger partial charge in [0.1, 0.15) is 5.69 Å². The summed E-state index contributed by atoms with van der Waals surface area (Å²) < 4.78 is 1.84. The van der Waals surface area contributed by atoms with Gasteiger partial charge in [-0.2, -0.15) is 0 Å². The van der Waals surface area contributed by atoms with Crippen molar-refractivity contribution in [1.82, 2.24) is 4.57 Å². The Kier molecular flexibility index (Phi) is 4.83. The predicted molar refractivity (Wildman–Crippen MR) is 99.1 cm³/mol. The highest BCUT2D eigenvalue weighted by atomic mass is 35.5. The van der Waals surface area contributed by atoms with Crippen LogP contribution in [0.15, 0.2) is 59.7 Å². The van der Waals surface area contributed by atoms with Gasteiger partial charge < -0.3 is 9.88 Å². The molecule has 0 unspecified atom stereocenters. The van der Waals surface area contributed by atoms with Gasteiger partial charge in [0.25, 0.3) is 5.91 Å². The highest BCUT2D eigenvalue weighted by molar-refractivity contribution is 7.17. The zero-order valence-electron chi connectivity index (χ0n) is 13.0. The number of halogens is 1. The Morgan fingerprint density at radius 2 is 1.92 bits per heavy atom. The molecule has 0 aliphatic carbocycles. The second kappa shape index (κ2) is 7.03. The maximum absolute atomic E-state index is 12.4. The number of benzene rings is 1. The molecule has 0 aliphatic heterocycles. The number of rotatable bonds is 4. The Labute approximate surface area is 148 Å². The maximum Gasteiger partial charge on any atom is 0.265 e. The van der Waals surface area contributed by atoms with Gasteiger partial charge in [-0.3, -0.25) is 9.59 Å². The summed E-state index contributed by atoms with van der Waals surface area (Å²) in [5.74, 6) is -0.286. The predicted octanol–water partition coefficient (Wildman–Crippen LogP) is 4.50. The third-order valence-electron chi connectivity index (χ3n) is 3.55. The van der Waals surface area contributed by atoms with Crippen molar-refractivity contribution in [3.63, 3.8) is 0 Å². The van der Waals surface area contributed by atoms with E-state index < -0.39 is 0 Å². The van der Waals surface area contributed by atoms with E-state index in [2.05, 4.69) is 5.32 Å².